The van der Waals surface area contributed by atoms with Crippen LogP contribution in [0.15, 0.2) is 42.5 Å². The molecule has 0 radical (unpaired) electrons. The lowest BCUT2D eigenvalue weighted by atomic mass is 9.97. The number of benzene rings is 1. The quantitative estimate of drug-likeness (QED) is 0.574. The third-order valence-corrected chi connectivity index (χ3v) is 4.81. The second-order valence-corrected chi connectivity index (χ2v) is 12.2. The van der Waals surface area contributed by atoms with E-state index in [1.165, 1.54) is 11.6 Å². The lowest BCUT2D eigenvalue weighted by molar-refractivity contribution is 0.128. The van der Waals surface area contributed by atoms with Crippen LogP contribution >= 0.6 is 0 Å². The first-order valence-corrected chi connectivity index (χ1v) is 11.0. The van der Waals surface area contributed by atoms with E-state index in [9.17, 15) is 5.11 Å². The van der Waals surface area contributed by atoms with Gasteiger partial charge in [-0.15, -0.1) is 0 Å². The van der Waals surface area contributed by atoms with E-state index < -0.39 is 8.07 Å². The molecule has 0 fully saturated rings. The smallest absolute Gasteiger partial charge is 0.0603 e. The molecule has 2 atom stereocenters. The maximum absolute atomic E-state index is 10.2. The average Bonchev–Trinajstić information content (AvgIpc) is 2.35. The van der Waals surface area contributed by atoms with Gasteiger partial charge in [-0.3, -0.25) is 0 Å². The third kappa shape index (κ3) is 7.33. The Balaban J connectivity index is 2.34. The van der Waals surface area contributed by atoms with Crippen molar-refractivity contribution in [2.24, 2.45) is 5.92 Å². The SMILES string of the molecule is C[C@H](/C=C\C[Si](C)(C)C)[C@H](O)CCc1ccccc1. The van der Waals surface area contributed by atoms with Crippen LogP contribution in [-0.4, -0.2) is 19.3 Å². The van der Waals surface area contributed by atoms with E-state index in [0.29, 0.717) is 0 Å². The van der Waals surface area contributed by atoms with Crippen molar-refractivity contribution in [3.63, 3.8) is 0 Å². The predicted octanol–water partition coefficient (Wildman–Crippen LogP) is 4.51. The molecule has 0 saturated carbocycles. The Morgan fingerprint density at radius 3 is 2.37 bits per heavy atom. The maximum atomic E-state index is 10.2. The molecule has 1 aromatic rings. The van der Waals surface area contributed by atoms with Gasteiger partial charge in [-0.25, -0.2) is 0 Å². The number of hydrogen-bond donors (Lipinski definition) is 1. The van der Waals surface area contributed by atoms with E-state index in [4.69, 9.17) is 0 Å². The van der Waals surface area contributed by atoms with Crippen LogP contribution in [0.1, 0.15) is 18.9 Å². The molecule has 0 bridgehead atoms. The standard InChI is InChI=1S/C17H28OSi/c1-15(9-8-14-19(2,3)4)17(18)13-12-16-10-6-5-7-11-16/h5-11,15,17-18H,12-14H2,1-4H3/b9-8-/t15-,17-/m1/s1. The molecule has 2 heteroatoms. The largest absolute Gasteiger partial charge is 0.393 e. The number of aliphatic hydroxyl groups excluding tert-OH is 1. The second kappa shape index (κ2) is 7.66. The highest BCUT2D eigenvalue weighted by molar-refractivity contribution is 6.76. The van der Waals surface area contributed by atoms with Gasteiger partial charge in [0, 0.05) is 8.07 Å². The third-order valence-electron chi connectivity index (χ3n) is 3.35. The van der Waals surface area contributed by atoms with E-state index in [-0.39, 0.29) is 12.0 Å². The molecule has 106 valence electrons. The van der Waals surface area contributed by atoms with E-state index in [0.717, 1.165) is 12.8 Å². The second-order valence-electron chi connectivity index (χ2n) is 6.64. The van der Waals surface area contributed by atoms with Crippen LogP contribution in [0, 0.1) is 5.92 Å². The number of hydrogen-bond acceptors (Lipinski definition) is 1. The summed E-state index contributed by atoms with van der Waals surface area (Å²) in [5.41, 5.74) is 1.31. The Bertz CT molecular complexity index is 378. The summed E-state index contributed by atoms with van der Waals surface area (Å²) in [5.74, 6) is 0.250. The lowest BCUT2D eigenvalue weighted by Crippen LogP contribution is -2.19. The summed E-state index contributed by atoms with van der Waals surface area (Å²) < 4.78 is 0. The van der Waals surface area contributed by atoms with Gasteiger partial charge >= 0.3 is 0 Å². The van der Waals surface area contributed by atoms with Crippen LogP contribution in [0.2, 0.25) is 25.7 Å². The van der Waals surface area contributed by atoms with Crippen LogP contribution in [0.4, 0.5) is 0 Å². The molecular weight excluding hydrogens is 248 g/mol. The summed E-state index contributed by atoms with van der Waals surface area (Å²) in [6.07, 6.45) is 6.01. The fraction of sp³-hybridized carbons (Fsp3) is 0.529. The minimum atomic E-state index is -0.998. The van der Waals surface area contributed by atoms with Crippen molar-refractivity contribution in [3.05, 3.63) is 48.0 Å². The number of allylic oxidation sites excluding steroid dienone is 1. The first-order chi connectivity index (χ1) is 8.88. The Morgan fingerprint density at radius 2 is 1.79 bits per heavy atom. The van der Waals surface area contributed by atoms with Crippen LogP contribution in [0.25, 0.3) is 0 Å². The molecule has 1 nitrogen and oxygen atoms in total. The lowest BCUT2D eigenvalue weighted by Gasteiger charge is -2.17. The zero-order valence-electron chi connectivity index (χ0n) is 12.8. The molecule has 1 N–H and O–H groups in total. The molecule has 0 heterocycles. The summed E-state index contributed by atoms with van der Waals surface area (Å²) in [6.45, 7) is 9.21. The van der Waals surface area contributed by atoms with Crippen LogP contribution < -0.4 is 0 Å². The van der Waals surface area contributed by atoms with Crippen molar-refractivity contribution >= 4 is 8.07 Å². The highest BCUT2D eigenvalue weighted by atomic mass is 28.3. The molecule has 0 saturated heterocycles. The van der Waals surface area contributed by atoms with Crippen molar-refractivity contribution in [2.75, 3.05) is 0 Å². The normalized spacial score (nSPS) is 15.6. The van der Waals surface area contributed by atoms with Crippen molar-refractivity contribution in [2.45, 2.75) is 51.6 Å². The van der Waals surface area contributed by atoms with Crippen molar-refractivity contribution < 1.29 is 5.11 Å². The average molecular weight is 276 g/mol. The van der Waals surface area contributed by atoms with Crippen molar-refractivity contribution in [3.8, 4) is 0 Å². The molecule has 0 unspecified atom stereocenters. The van der Waals surface area contributed by atoms with Gasteiger partial charge in [0.2, 0.25) is 0 Å². The zero-order chi connectivity index (χ0) is 14.3. The predicted molar refractivity (Wildman–Crippen MR) is 87.2 cm³/mol. The van der Waals surface area contributed by atoms with Crippen LogP contribution in [0.5, 0.6) is 0 Å². The fourth-order valence-electron chi connectivity index (χ4n) is 1.99. The zero-order valence-corrected chi connectivity index (χ0v) is 13.8. The molecular formula is C17H28OSi. The van der Waals surface area contributed by atoms with Gasteiger partial charge in [0.25, 0.3) is 0 Å². The number of aryl methyl sites for hydroxylation is 1. The van der Waals surface area contributed by atoms with E-state index in [1.54, 1.807) is 0 Å². The van der Waals surface area contributed by atoms with E-state index >= 15 is 0 Å². The molecule has 0 aromatic heterocycles. The van der Waals surface area contributed by atoms with Gasteiger partial charge in [-0.2, -0.15) is 0 Å². The maximum Gasteiger partial charge on any atom is 0.0603 e. The molecule has 0 amide bonds. The molecule has 0 aliphatic heterocycles. The Kier molecular flexibility index (Phi) is 6.53. The Labute approximate surface area is 119 Å². The molecule has 1 rings (SSSR count). The van der Waals surface area contributed by atoms with Gasteiger partial charge in [-0.05, 0) is 30.4 Å². The molecule has 0 aliphatic rings. The minimum Gasteiger partial charge on any atom is -0.393 e. The van der Waals surface area contributed by atoms with Crippen LogP contribution in [0.3, 0.4) is 0 Å². The van der Waals surface area contributed by atoms with Crippen LogP contribution in [-0.2, 0) is 6.42 Å². The summed E-state index contributed by atoms with van der Waals surface area (Å²) in [6, 6.07) is 11.6. The fourth-order valence-corrected chi connectivity index (χ4v) is 2.83. The number of rotatable bonds is 7. The van der Waals surface area contributed by atoms with E-state index in [1.807, 2.05) is 6.07 Å². The van der Waals surface area contributed by atoms with Gasteiger partial charge in [0.15, 0.2) is 0 Å². The van der Waals surface area contributed by atoms with Crippen molar-refractivity contribution in [1.82, 2.24) is 0 Å². The topological polar surface area (TPSA) is 20.2 Å². The monoisotopic (exact) mass is 276 g/mol. The molecule has 19 heavy (non-hydrogen) atoms. The highest BCUT2D eigenvalue weighted by Gasteiger charge is 2.13. The van der Waals surface area contributed by atoms with Gasteiger partial charge in [-0.1, -0.05) is 69.0 Å². The Hall–Kier alpha value is -0.863. The summed E-state index contributed by atoms with van der Waals surface area (Å²) in [4.78, 5) is 0. The minimum absolute atomic E-state index is 0.238. The van der Waals surface area contributed by atoms with Crippen molar-refractivity contribution in [1.29, 1.82) is 0 Å². The van der Waals surface area contributed by atoms with Gasteiger partial charge in [0.1, 0.15) is 0 Å². The highest BCUT2D eigenvalue weighted by Crippen LogP contribution is 2.15. The molecule has 0 aliphatic carbocycles. The van der Waals surface area contributed by atoms with Gasteiger partial charge < -0.3 is 5.11 Å². The van der Waals surface area contributed by atoms with Gasteiger partial charge in [0.05, 0.1) is 6.10 Å². The molecule has 1 aromatic carbocycles. The molecule has 0 spiro atoms. The number of aliphatic hydroxyl groups is 1. The van der Waals surface area contributed by atoms with E-state index in [2.05, 4.69) is 63.0 Å². The summed E-state index contributed by atoms with van der Waals surface area (Å²) >= 11 is 0. The Morgan fingerprint density at radius 1 is 1.16 bits per heavy atom. The summed E-state index contributed by atoms with van der Waals surface area (Å²) in [5, 5.41) is 10.2. The summed E-state index contributed by atoms with van der Waals surface area (Å²) in [7, 11) is -0.998. The first kappa shape index (κ1) is 16.2. The first-order valence-electron chi connectivity index (χ1n) is 7.27.